The Labute approximate surface area is 100 Å². The highest BCUT2D eigenvalue weighted by Gasteiger charge is 2.09. The number of aryl methyl sites for hydroxylation is 1. The van der Waals surface area contributed by atoms with Gasteiger partial charge >= 0.3 is 0 Å². The number of halogens is 1. The maximum absolute atomic E-state index is 4.88. The minimum Gasteiger partial charge on any atom is -0.284 e. The molecule has 0 saturated carbocycles. The lowest BCUT2D eigenvalue weighted by atomic mass is 10.4. The molecule has 0 aromatic carbocycles. The van der Waals surface area contributed by atoms with Crippen molar-refractivity contribution in [2.75, 3.05) is 0 Å². The zero-order valence-electron chi connectivity index (χ0n) is 8.33. The molecule has 0 saturated heterocycles. The van der Waals surface area contributed by atoms with Gasteiger partial charge in [-0.2, -0.15) is 5.10 Å². The molecule has 2 aromatic heterocycles. The number of H-pyrrole nitrogens is 2. The molecule has 0 spiro atoms. The quantitative estimate of drug-likeness (QED) is 0.832. The van der Waals surface area contributed by atoms with Crippen LogP contribution in [0.15, 0.2) is 4.47 Å². The highest BCUT2D eigenvalue weighted by atomic mass is 79.9. The zero-order valence-corrected chi connectivity index (χ0v) is 10.7. The molecule has 2 heterocycles. The van der Waals surface area contributed by atoms with Crippen LogP contribution < -0.4 is 0 Å². The first-order valence-electron chi connectivity index (χ1n) is 4.41. The average Bonchev–Trinajstić information content (AvgIpc) is 2.68. The van der Waals surface area contributed by atoms with Crippen molar-refractivity contribution < 1.29 is 0 Å². The molecule has 0 fully saturated rings. The number of aromatic amines is 2. The highest BCUT2D eigenvalue weighted by Crippen LogP contribution is 2.19. The predicted molar refractivity (Wildman–Crippen MR) is 62.3 cm³/mol. The molecule has 2 aromatic rings. The number of hydrogen-bond acceptors (Lipinski definition) is 3. The van der Waals surface area contributed by atoms with Gasteiger partial charge in [0.25, 0.3) is 0 Å². The SMILES string of the molecule is Cc1nn(Cc2nc(=S)[nH][nH]2)c(C)c1Br. The molecule has 2 N–H and O–H groups in total. The molecule has 7 heteroatoms. The second-order valence-electron chi connectivity index (χ2n) is 3.26. The van der Waals surface area contributed by atoms with Crippen molar-refractivity contribution in [1.29, 1.82) is 0 Å². The lowest BCUT2D eigenvalue weighted by Gasteiger charge is -2.00. The van der Waals surface area contributed by atoms with Gasteiger partial charge < -0.3 is 0 Å². The van der Waals surface area contributed by atoms with E-state index in [-0.39, 0.29) is 0 Å². The lowest BCUT2D eigenvalue weighted by Crippen LogP contribution is -2.05. The van der Waals surface area contributed by atoms with Gasteiger partial charge in [0.2, 0.25) is 4.77 Å². The van der Waals surface area contributed by atoms with E-state index in [4.69, 9.17) is 12.2 Å². The van der Waals surface area contributed by atoms with E-state index in [1.54, 1.807) is 0 Å². The van der Waals surface area contributed by atoms with Crippen molar-refractivity contribution in [3.63, 3.8) is 0 Å². The Bertz CT molecular complexity index is 537. The van der Waals surface area contributed by atoms with E-state index in [9.17, 15) is 0 Å². The van der Waals surface area contributed by atoms with E-state index in [0.29, 0.717) is 11.3 Å². The van der Waals surface area contributed by atoms with E-state index >= 15 is 0 Å². The normalized spacial score (nSPS) is 10.9. The molecule has 2 rings (SSSR count). The topological polar surface area (TPSA) is 62.3 Å². The molecule has 0 bridgehead atoms. The van der Waals surface area contributed by atoms with E-state index in [1.165, 1.54) is 0 Å². The van der Waals surface area contributed by atoms with Crippen LogP contribution in [0.4, 0.5) is 0 Å². The van der Waals surface area contributed by atoms with E-state index in [0.717, 1.165) is 21.7 Å². The summed E-state index contributed by atoms with van der Waals surface area (Å²) in [6.07, 6.45) is 0. The third-order valence-electron chi connectivity index (χ3n) is 2.14. The van der Waals surface area contributed by atoms with Gasteiger partial charge in [0.15, 0.2) is 0 Å². The first-order valence-corrected chi connectivity index (χ1v) is 5.61. The largest absolute Gasteiger partial charge is 0.284 e. The summed E-state index contributed by atoms with van der Waals surface area (Å²) < 4.78 is 3.38. The molecular weight excluding hydrogens is 278 g/mol. The lowest BCUT2D eigenvalue weighted by molar-refractivity contribution is 0.633. The summed E-state index contributed by atoms with van der Waals surface area (Å²) in [6, 6.07) is 0. The summed E-state index contributed by atoms with van der Waals surface area (Å²) in [5, 5.41) is 10.0. The van der Waals surface area contributed by atoms with Crippen LogP contribution in [-0.2, 0) is 6.54 Å². The molecule has 0 unspecified atom stereocenters. The summed E-state index contributed by atoms with van der Waals surface area (Å²) >= 11 is 8.35. The van der Waals surface area contributed by atoms with Gasteiger partial charge in [-0.25, -0.2) is 4.98 Å². The second kappa shape index (κ2) is 3.90. The first-order chi connectivity index (χ1) is 7.08. The van der Waals surface area contributed by atoms with Gasteiger partial charge in [0.05, 0.1) is 15.9 Å². The molecule has 0 aliphatic carbocycles. The van der Waals surface area contributed by atoms with Gasteiger partial charge in [0, 0.05) is 0 Å². The Balaban J connectivity index is 2.32. The van der Waals surface area contributed by atoms with Crippen molar-refractivity contribution >= 4 is 28.1 Å². The standard InChI is InChI=1S/C8H10BrN5S/c1-4-7(9)5(2)14(13-4)3-6-10-8(15)12-11-6/h3H2,1-2H3,(H2,10,11,12,15). The molecule has 15 heavy (non-hydrogen) atoms. The van der Waals surface area contributed by atoms with Crippen molar-refractivity contribution in [1.82, 2.24) is 25.0 Å². The number of rotatable bonds is 2. The highest BCUT2D eigenvalue weighted by molar-refractivity contribution is 9.10. The molecule has 5 nitrogen and oxygen atoms in total. The van der Waals surface area contributed by atoms with Crippen LogP contribution in [0, 0.1) is 18.6 Å². The smallest absolute Gasteiger partial charge is 0.213 e. The Hall–Kier alpha value is -0.950. The fourth-order valence-corrected chi connectivity index (χ4v) is 1.80. The maximum Gasteiger partial charge on any atom is 0.213 e. The molecule has 0 radical (unpaired) electrons. The average molecular weight is 288 g/mol. The third kappa shape index (κ3) is 2.03. The molecule has 0 aliphatic heterocycles. The molecule has 0 aliphatic rings. The van der Waals surface area contributed by atoms with Crippen LogP contribution >= 0.6 is 28.1 Å². The summed E-state index contributed by atoms with van der Waals surface area (Å²) in [7, 11) is 0. The number of nitrogens with one attached hydrogen (secondary N) is 2. The molecule has 0 amide bonds. The Morgan fingerprint density at radius 1 is 1.40 bits per heavy atom. The Morgan fingerprint density at radius 3 is 2.60 bits per heavy atom. The number of aromatic nitrogens is 5. The van der Waals surface area contributed by atoms with E-state index < -0.39 is 0 Å². The minimum atomic E-state index is 0.464. The van der Waals surface area contributed by atoms with Crippen molar-refractivity contribution in [3.05, 3.63) is 26.5 Å². The summed E-state index contributed by atoms with van der Waals surface area (Å²) in [6.45, 7) is 4.55. The van der Waals surface area contributed by atoms with Crippen LogP contribution in [0.1, 0.15) is 17.2 Å². The van der Waals surface area contributed by atoms with Crippen LogP contribution in [0.3, 0.4) is 0 Å². The predicted octanol–water partition coefficient (Wildman–Crippen LogP) is 2.09. The second-order valence-corrected chi connectivity index (χ2v) is 4.44. The first kappa shape index (κ1) is 10.6. The number of hydrogen-bond donors (Lipinski definition) is 2. The van der Waals surface area contributed by atoms with Crippen molar-refractivity contribution in [2.24, 2.45) is 0 Å². The zero-order chi connectivity index (χ0) is 11.0. The van der Waals surface area contributed by atoms with E-state index in [2.05, 4.69) is 36.2 Å². The molecule has 80 valence electrons. The van der Waals surface area contributed by atoms with E-state index in [1.807, 2.05) is 18.5 Å². The van der Waals surface area contributed by atoms with Crippen LogP contribution in [0.2, 0.25) is 0 Å². The maximum atomic E-state index is 4.88. The Morgan fingerprint density at radius 2 is 2.13 bits per heavy atom. The van der Waals surface area contributed by atoms with Crippen LogP contribution in [0.25, 0.3) is 0 Å². The van der Waals surface area contributed by atoms with Crippen LogP contribution in [-0.4, -0.2) is 25.0 Å². The van der Waals surface area contributed by atoms with Gasteiger partial charge in [-0.1, -0.05) is 0 Å². The van der Waals surface area contributed by atoms with Crippen molar-refractivity contribution in [3.8, 4) is 0 Å². The fraction of sp³-hybridized carbons (Fsp3) is 0.375. The molecular formula is C8H10BrN5S. The van der Waals surface area contributed by atoms with Gasteiger partial charge in [-0.05, 0) is 42.0 Å². The summed E-state index contributed by atoms with van der Waals surface area (Å²) in [4.78, 5) is 4.11. The van der Waals surface area contributed by atoms with Crippen LogP contribution in [0.5, 0.6) is 0 Å². The fourth-order valence-electron chi connectivity index (χ4n) is 1.35. The monoisotopic (exact) mass is 287 g/mol. The Kier molecular flexibility index (Phi) is 2.74. The summed E-state index contributed by atoms with van der Waals surface area (Å²) in [5.41, 5.74) is 2.05. The van der Waals surface area contributed by atoms with Gasteiger partial charge in [-0.3, -0.25) is 14.9 Å². The van der Waals surface area contributed by atoms with Gasteiger partial charge in [0.1, 0.15) is 12.4 Å². The minimum absolute atomic E-state index is 0.464. The number of nitrogens with zero attached hydrogens (tertiary/aromatic N) is 3. The third-order valence-corrected chi connectivity index (χ3v) is 3.48. The van der Waals surface area contributed by atoms with Gasteiger partial charge in [-0.15, -0.1) is 0 Å². The molecule has 0 atom stereocenters. The summed E-state index contributed by atoms with van der Waals surface area (Å²) in [5.74, 6) is 0.776. The van der Waals surface area contributed by atoms with Crippen molar-refractivity contribution in [2.45, 2.75) is 20.4 Å².